The van der Waals surface area contributed by atoms with E-state index in [1.165, 1.54) is 11.6 Å². The number of hydrogen-bond donors (Lipinski definition) is 1. The lowest BCUT2D eigenvalue weighted by Crippen LogP contribution is -2.05. The van der Waals surface area contributed by atoms with E-state index in [1.54, 1.807) is 6.07 Å². The summed E-state index contributed by atoms with van der Waals surface area (Å²) >= 11 is 5.96. The standard InChI is InChI=1S/C18H15ClFN3/c19-13-5-7-14(8-6-13)23-18-15(9-10-21-18)17(22-23)11-12-3-1-2-4-16(12)20/h1-8,21H,9-11H2. The van der Waals surface area contributed by atoms with Crippen molar-refractivity contribution in [3.8, 4) is 5.69 Å². The molecule has 4 rings (SSSR count). The third kappa shape index (κ3) is 2.59. The number of aromatic nitrogens is 2. The summed E-state index contributed by atoms with van der Waals surface area (Å²) in [5, 5.41) is 8.78. The Morgan fingerprint density at radius 2 is 1.91 bits per heavy atom. The maximum absolute atomic E-state index is 13.9. The van der Waals surface area contributed by atoms with Crippen LogP contribution >= 0.6 is 11.6 Å². The van der Waals surface area contributed by atoms with Crippen LogP contribution in [-0.2, 0) is 12.8 Å². The van der Waals surface area contributed by atoms with E-state index in [9.17, 15) is 4.39 Å². The van der Waals surface area contributed by atoms with Gasteiger partial charge in [-0.2, -0.15) is 5.10 Å². The van der Waals surface area contributed by atoms with Crippen LogP contribution in [0.2, 0.25) is 5.02 Å². The molecule has 3 nitrogen and oxygen atoms in total. The zero-order valence-corrected chi connectivity index (χ0v) is 13.1. The molecule has 0 spiro atoms. The third-order valence-corrected chi connectivity index (χ3v) is 4.37. The molecule has 1 aliphatic rings. The monoisotopic (exact) mass is 327 g/mol. The number of fused-ring (bicyclic) bond motifs is 1. The molecular formula is C18H15ClFN3. The van der Waals surface area contributed by atoms with Gasteiger partial charge in [-0.3, -0.25) is 0 Å². The Balaban J connectivity index is 1.76. The zero-order valence-electron chi connectivity index (χ0n) is 12.4. The number of nitrogens with zero attached hydrogens (tertiary/aromatic N) is 2. The molecule has 0 saturated carbocycles. The molecule has 2 aromatic carbocycles. The van der Waals surface area contributed by atoms with E-state index < -0.39 is 0 Å². The summed E-state index contributed by atoms with van der Waals surface area (Å²) in [6.07, 6.45) is 1.41. The minimum absolute atomic E-state index is 0.187. The van der Waals surface area contributed by atoms with Crippen molar-refractivity contribution in [1.82, 2.24) is 9.78 Å². The number of nitrogens with one attached hydrogen (secondary N) is 1. The highest BCUT2D eigenvalue weighted by molar-refractivity contribution is 6.30. The summed E-state index contributed by atoms with van der Waals surface area (Å²) in [6.45, 7) is 0.880. The van der Waals surface area contributed by atoms with Crippen LogP contribution in [0, 0.1) is 5.82 Å². The number of hydrogen-bond acceptors (Lipinski definition) is 2. The van der Waals surface area contributed by atoms with Crippen LogP contribution in [0.15, 0.2) is 48.5 Å². The number of anilines is 1. The lowest BCUT2D eigenvalue weighted by Gasteiger charge is -2.06. The molecule has 1 aliphatic heterocycles. The molecule has 3 aromatic rings. The first-order chi connectivity index (χ1) is 11.2. The SMILES string of the molecule is Fc1ccccc1Cc1nn(-c2ccc(Cl)cc2)c2c1CCN2. The molecule has 1 N–H and O–H groups in total. The fourth-order valence-electron chi connectivity index (χ4n) is 2.98. The van der Waals surface area contributed by atoms with Crippen molar-refractivity contribution < 1.29 is 4.39 Å². The Bertz CT molecular complexity index is 855. The Morgan fingerprint density at radius 1 is 1.13 bits per heavy atom. The lowest BCUT2D eigenvalue weighted by molar-refractivity contribution is 0.612. The summed E-state index contributed by atoms with van der Waals surface area (Å²) in [5.41, 5.74) is 3.70. The Morgan fingerprint density at radius 3 is 2.70 bits per heavy atom. The normalized spacial score (nSPS) is 13.0. The zero-order chi connectivity index (χ0) is 15.8. The average Bonchev–Trinajstić information content (AvgIpc) is 3.14. The second-order valence-electron chi connectivity index (χ2n) is 5.61. The first kappa shape index (κ1) is 14.3. The predicted molar refractivity (Wildman–Crippen MR) is 90.0 cm³/mol. The number of rotatable bonds is 3. The van der Waals surface area contributed by atoms with Gasteiger partial charge in [0.1, 0.15) is 11.6 Å². The van der Waals surface area contributed by atoms with Gasteiger partial charge in [-0.25, -0.2) is 9.07 Å². The van der Waals surface area contributed by atoms with Crippen LogP contribution in [0.5, 0.6) is 0 Å². The van der Waals surface area contributed by atoms with E-state index in [0.717, 1.165) is 30.2 Å². The van der Waals surface area contributed by atoms with Gasteiger partial charge in [-0.1, -0.05) is 29.8 Å². The third-order valence-electron chi connectivity index (χ3n) is 4.12. The van der Waals surface area contributed by atoms with Crippen LogP contribution in [0.3, 0.4) is 0 Å². The summed E-state index contributed by atoms with van der Waals surface area (Å²) in [4.78, 5) is 0. The molecule has 0 fully saturated rings. The van der Waals surface area contributed by atoms with Gasteiger partial charge in [-0.05, 0) is 42.3 Å². The molecule has 0 radical (unpaired) electrons. The topological polar surface area (TPSA) is 29.9 Å². The highest BCUT2D eigenvalue weighted by atomic mass is 35.5. The van der Waals surface area contributed by atoms with Crippen LogP contribution in [0.1, 0.15) is 16.8 Å². The van der Waals surface area contributed by atoms with Gasteiger partial charge in [-0.15, -0.1) is 0 Å². The van der Waals surface area contributed by atoms with Crippen molar-refractivity contribution in [3.63, 3.8) is 0 Å². The highest BCUT2D eigenvalue weighted by Crippen LogP contribution is 2.30. The minimum Gasteiger partial charge on any atom is -0.369 e. The van der Waals surface area contributed by atoms with E-state index in [-0.39, 0.29) is 5.82 Å². The van der Waals surface area contributed by atoms with Crippen molar-refractivity contribution in [2.75, 3.05) is 11.9 Å². The second kappa shape index (κ2) is 5.70. The largest absolute Gasteiger partial charge is 0.369 e. The van der Waals surface area contributed by atoms with Crippen molar-refractivity contribution >= 4 is 17.4 Å². The summed E-state index contributed by atoms with van der Waals surface area (Å²) in [6, 6.07) is 14.4. The smallest absolute Gasteiger partial charge is 0.133 e. The molecular weight excluding hydrogens is 313 g/mol. The molecule has 0 bridgehead atoms. The van der Waals surface area contributed by atoms with Crippen molar-refractivity contribution in [3.05, 3.63) is 76.2 Å². The van der Waals surface area contributed by atoms with E-state index in [1.807, 2.05) is 41.1 Å². The first-order valence-corrected chi connectivity index (χ1v) is 7.94. The van der Waals surface area contributed by atoms with Gasteiger partial charge >= 0.3 is 0 Å². The summed E-state index contributed by atoms with van der Waals surface area (Å²) in [5.74, 6) is 0.812. The van der Waals surface area contributed by atoms with Gasteiger partial charge in [0.05, 0.1) is 11.4 Å². The highest BCUT2D eigenvalue weighted by Gasteiger charge is 2.23. The quantitative estimate of drug-likeness (QED) is 0.780. The van der Waals surface area contributed by atoms with Crippen LogP contribution in [0.25, 0.3) is 5.69 Å². The van der Waals surface area contributed by atoms with Gasteiger partial charge in [0.25, 0.3) is 0 Å². The fraction of sp³-hybridized carbons (Fsp3) is 0.167. The minimum atomic E-state index is -0.187. The molecule has 116 valence electrons. The fourth-order valence-corrected chi connectivity index (χ4v) is 3.11. The Labute approximate surface area is 138 Å². The van der Waals surface area contributed by atoms with Gasteiger partial charge in [0, 0.05) is 23.6 Å². The molecule has 0 saturated heterocycles. The van der Waals surface area contributed by atoms with E-state index in [4.69, 9.17) is 16.7 Å². The predicted octanol–water partition coefficient (Wildman–Crippen LogP) is 4.22. The molecule has 0 unspecified atom stereocenters. The van der Waals surface area contributed by atoms with Gasteiger partial charge in [0.15, 0.2) is 0 Å². The first-order valence-electron chi connectivity index (χ1n) is 7.56. The molecule has 0 aliphatic carbocycles. The maximum Gasteiger partial charge on any atom is 0.133 e. The van der Waals surface area contributed by atoms with Crippen LogP contribution in [-0.4, -0.2) is 16.3 Å². The number of halogens is 2. The lowest BCUT2D eigenvalue weighted by atomic mass is 10.1. The van der Waals surface area contributed by atoms with Crippen molar-refractivity contribution in [1.29, 1.82) is 0 Å². The Kier molecular flexibility index (Phi) is 3.54. The van der Waals surface area contributed by atoms with E-state index >= 15 is 0 Å². The van der Waals surface area contributed by atoms with Gasteiger partial charge < -0.3 is 5.32 Å². The van der Waals surface area contributed by atoms with E-state index in [2.05, 4.69) is 5.32 Å². The summed E-state index contributed by atoms with van der Waals surface area (Å²) < 4.78 is 15.8. The van der Waals surface area contributed by atoms with Crippen molar-refractivity contribution in [2.24, 2.45) is 0 Å². The van der Waals surface area contributed by atoms with E-state index in [0.29, 0.717) is 17.0 Å². The molecule has 1 aromatic heterocycles. The van der Waals surface area contributed by atoms with Crippen LogP contribution in [0.4, 0.5) is 10.2 Å². The number of benzene rings is 2. The molecule has 23 heavy (non-hydrogen) atoms. The summed E-state index contributed by atoms with van der Waals surface area (Å²) in [7, 11) is 0. The Hall–Kier alpha value is -2.33. The van der Waals surface area contributed by atoms with Gasteiger partial charge in [0.2, 0.25) is 0 Å². The van der Waals surface area contributed by atoms with Crippen LogP contribution < -0.4 is 5.32 Å². The molecule has 5 heteroatoms. The van der Waals surface area contributed by atoms with Crippen molar-refractivity contribution in [2.45, 2.75) is 12.8 Å². The molecule has 0 amide bonds. The maximum atomic E-state index is 13.9. The molecule has 0 atom stereocenters. The average molecular weight is 328 g/mol. The molecule has 2 heterocycles. The second-order valence-corrected chi connectivity index (χ2v) is 6.04.